The van der Waals surface area contributed by atoms with E-state index in [-0.39, 0.29) is 0 Å². The molecule has 13 heavy (non-hydrogen) atoms. The van der Waals surface area contributed by atoms with Crippen LogP contribution in [0.3, 0.4) is 0 Å². The van der Waals surface area contributed by atoms with Gasteiger partial charge in [-0.3, -0.25) is 0 Å². The molecule has 0 aromatic carbocycles. The number of hydrogen-bond donors (Lipinski definition) is 1. The summed E-state index contributed by atoms with van der Waals surface area (Å²) < 4.78 is 1.90. The molecule has 2 rings (SSSR count). The number of tetrazole rings is 1. The summed E-state index contributed by atoms with van der Waals surface area (Å²) in [5, 5.41) is 11.6. The molecule has 5 nitrogen and oxygen atoms in total. The average Bonchev–Trinajstić information content (AvgIpc) is 2.46. The third-order valence-electron chi connectivity index (χ3n) is 2.63. The Morgan fingerprint density at radius 3 is 2.92 bits per heavy atom. The van der Waals surface area contributed by atoms with E-state index in [1.807, 2.05) is 4.68 Å². The third kappa shape index (κ3) is 1.85. The van der Waals surface area contributed by atoms with Crippen molar-refractivity contribution < 1.29 is 0 Å². The first-order valence-electron chi connectivity index (χ1n) is 4.85. The van der Waals surface area contributed by atoms with E-state index in [1.54, 1.807) is 0 Å². The van der Waals surface area contributed by atoms with Gasteiger partial charge in [0, 0.05) is 13.0 Å². The fourth-order valence-electron chi connectivity index (χ4n) is 1.59. The highest BCUT2D eigenvalue weighted by atomic mass is 15.5. The molecule has 2 N–H and O–H groups in total. The van der Waals surface area contributed by atoms with Crippen LogP contribution in [0.5, 0.6) is 0 Å². The van der Waals surface area contributed by atoms with E-state index < -0.39 is 0 Å². The van der Waals surface area contributed by atoms with Crippen molar-refractivity contribution >= 4 is 0 Å². The van der Waals surface area contributed by atoms with Crippen molar-refractivity contribution in [3.05, 3.63) is 5.82 Å². The Balaban J connectivity index is 1.96. The zero-order valence-electron chi connectivity index (χ0n) is 7.69. The van der Waals surface area contributed by atoms with Crippen LogP contribution in [-0.2, 0) is 13.0 Å². The lowest BCUT2D eigenvalue weighted by molar-refractivity contribution is 0.261. The monoisotopic (exact) mass is 181 g/mol. The summed E-state index contributed by atoms with van der Waals surface area (Å²) in [7, 11) is 0. The predicted molar refractivity (Wildman–Crippen MR) is 47.9 cm³/mol. The van der Waals surface area contributed by atoms with Crippen molar-refractivity contribution in [3.8, 4) is 0 Å². The Morgan fingerprint density at radius 2 is 2.31 bits per heavy atom. The molecule has 1 heterocycles. The Labute approximate surface area is 77.3 Å². The summed E-state index contributed by atoms with van der Waals surface area (Å²) in [6.45, 7) is 1.59. The van der Waals surface area contributed by atoms with Crippen LogP contribution in [0.2, 0.25) is 0 Å². The maximum Gasteiger partial charge on any atom is 0.152 e. The topological polar surface area (TPSA) is 69.6 Å². The lowest BCUT2D eigenvalue weighted by atomic mass is 9.85. The highest BCUT2D eigenvalue weighted by Crippen LogP contribution is 2.27. The Morgan fingerprint density at radius 1 is 1.46 bits per heavy atom. The SMILES string of the molecule is NCCc1nnnn1CC1CCC1. The number of nitrogens with zero attached hydrogens (tertiary/aromatic N) is 4. The van der Waals surface area contributed by atoms with Gasteiger partial charge in [-0.1, -0.05) is 6.42 Å². The standard InChI is InChI=1S/C8H15N5/c9-5-4-8-10-11-12-13(8)6-7-2-1-3-7/h7H,1-6,9H2. The minimum absolute atomic E-state index is 0.616. The van der Waals surface area contributed by atoms with Crippen molar-refractivity contribution in [2.45, 2.75) is 32.2 Å². The Hall–Kier alpha value is -0.970. The molecule has 1 saturated carbocycles. The lowest BCUT2D eigenvalue weighted by Crippen LogP contribution is -2.21. The molecule has 0 atom stereocenters. The van der Waals surface area contributed by atoms with Crippen LogP contribution in [0.4, 0.5) is 0 Å². The van der Waals surface area contributed by atoms with E-state index in [1.165, 1.54) is 19.3 Å². The van der Waals surface area contributed by atoms with Gasteiger partial charge >= 0.3 is 0 Å². The molecule has 0 aliphatic heterocycles. The van der Waals surface area contributed by atoms with Crippen molar-refractivity contribution in [2.24, 2.45) is 11.7 Å². The van der Waals surface area contributed by atoms with Crippen LogP contribution in [0.15, 0.2) is 0 Å². The minimum Gasteiger partial charge on any atom is -0.330 e. The van der Waals surface area contributed by atoms with Gasteiger partial charge in [-0.2, -0.15) is 0 Å². The van der Waals surface area contributed by atoms with E-state index in [2.05, 4.69) is 15.5 Å². The molecule has 72 valence electrons. The summed E-state index contributed by atoms with van der Waals surface area (Å²) in [6.07, 6.45) is 4.78. The highest BCUT2D eigenvalue weighted by Gasteiger charge is 2.19. The van der Waals surface area contributed by atoms with Crippen molar-refractivity contribution in [1.29, 1.82) is 0 Å². The molecule has 1 aromatic rings. The Bertz CT molecular complexity index is 265. The normalized spacial score (nSPS) is 17.3. The average molecular weight is 181 g/mol. The predicted octanol–water partition coefficient (Wildman–Crippen LogP) is -0.0256. The molecule has 0 unspecified atom stereocenters. The molecular weight excluding hydrogens is 166 g/mol. The first-order valence-corrected chi connectivity index (χ1v) is 4.85. The fourth-order valence-corrected chi connectivity index (χ4v) is 1.59. The molecule has 0 spiro atoms. The van der Waals surface area contributed by atoms with Crippen LogP contribution in [0, 0.1) is 5.92 Å². The van der Waals surface area contributed by atoms with Crippen LogP contribution < -0.4 is 5.73 Å². The first-order chi connectivity index (χ1) is 6.40. The molecule has 5 heteroatoms. The van der Waals surface area contributed by atoms with Gasteiger partial charge in [-0.25, -0.2) is 4.68 Å². The second-order valence-electron chi connectivity index (χ2n) is 3.61. The summed E-state index contributed by atoms with van der Waals surface area (Å²) in [4.78, 5) is 0. The van der Waals surface area contributed by atoms with Crippen molar-refractivity contribution in [2.75, 3.05) is 6.54 Å². The number of nitrogens with two attached hydrogens (primary N) is 1. The third-order valence-corrected chi connectivity index (χ3v) is 2.63. The van der Waals surface area contributed by atoms with Gasteiger partial charge in [0.1, 0.15) is 0 Å². The molecule has 1 aliphatic rings. The van der Waals surface area contributed by atoms with E-state index in [0.717, 1.165) is 24.7 Å². The summed E-state index contributed by atoms with van der Waals surface area (Å²) in [5.74, 6) is 1.72. The summed E-state index contributed by atoms with van der Waals surface area (Å²) >= 11 is 0. The number of rotatable bonds is 4. The van der Waals surface area contributed by atoms with E-state index in [0.29, 0.717) is 6.54 Å². The second-order valence-corrected chi connectivity index (χ2v) is 3.61. The second kappa shape index (κ2) is 3.83. The van der Waals surface area contributed by atoms with E-state index >= 15 is 0 Å². The van der Waals surface area contributed by atoms with Gasteiger partial charge in [-0.05, 0) is 35.7 Å². The highest BCUT2D eigenvalue weighted by molar-refractivity contribution is 4.83. The van der Waals surface area contributed by atoms with Gasteiger partial charge in [0.25, 0.3) is 0 Å². The quantitative estimate of drug-likeness (QED) is 0.708. The van der Waals surface area contributed by atoms with Gasteiger partial charge in [0.05, 0.1) is 0 Å². The van der Waals surface area contributed by atoms with Crippen LogP contribution in [0.25, 0.3) is 0 Å². The maximum atomic E-state index is 5.46. The molecule has 1 aromatic heterocycles. The fraction of sp³-hybridized carbons (Fsp3) is 0.875. The molecule has 0 radical (unpaired) electrons. The minimum atomic E-state index is 0.616. The first kappa shape index (κ1) is 8.62. The summed E-state index contributed by atoms with van der Waals surface area (Å²) in [5.41, 5.74) is 5.46. The number of aromatic nitrogens is 4. The molecule has 0 bridgehead atoms. The smallest absolute Gasteiger partial charge is 0.152 e. The molecule has 1 aliphatic carbocycles. The summed E-state index contributed by atoms with van der Waals surface area (Å²) in [6, 6.07) is 0. The maximum absolute atomic E-state index is 5.46. The van der Waals surface area contributed by atoms with E-state index in [4.69, 9.17) is 5.73 Å². The zero-order valence-corrected chi connectivity index (χ0v) is 7.69. The molecule has 0 saturated heterocycles. The van der Waals surface area contributed by atoms with Crippen LogP contribution >= 0.6 is 0 Å². The van der Waals surface area contributed by atoms with Gasteiger partial charge < -0.3 is 5.73 Å². The van der Waals surface area contributed by atoms with Gasteiger partial charge in [0.15, 0.2) is 5.82 Å². The molecule has 0 amide bonds. The largest absolute Gasteiger partial charge is 0.330 e. The van der Waals surface area contributed by atoms with Gasteiger partial charge in [0.2, 0.25) is 0 Å². The molecular formula is C8H15N5. The van der Waals surface area contributed by atoms with Crippen LogP contribution in [-0.4, -0.2) is 26.8 Å². The van der Waals surface area contributed by atoms with Crippen molar-refractivity contribution in [3.63, 3.8) is 0 Å². The lowest BCUT2D eigenvalue weighted by Gasteiger charge is -2.24. The zero-order chi connectivity index (χ0) is 9.10. The molecule has 1 fully saturated rings. The van der Waals surface area contributed by atoms with Gasteiger partial charge in [-0.15, -0.1) is 5.10 Å². The van der Waals surface area contributed by atoms with E-state index in [9.17, 15) is 0 Å². The van der Waals surface area contributed by atoms with Crippen LogP contribution in [0.1, 0.15) is 25.1 Å². The Kier molecular flexibility index (Phi) is 2.54. The van der Waals surface area contributed by atoms with Crippen molar-refractivity contribution in [1.82, 2.24) is 20.2 Å². The number of hydrogen-bond acceptors (Lipinski definition) is 4.